The lowest BCUT2D eigenvalue weighted by atomic mass is 10.1. The Morgan fingerprint density at radius 2 is 1.81 bits per heavy atom. The van der Waals surface area contributed by atoms with Gasteiger partial charge in [0, 0.05) is 20.1 Å². The zero-order valence-electron chi connectivity index (χ0n) is 12.0. The average Bonchev–Trinajstić information content (AvgIpc) is 2.17. The first-order valence-electron chi connectivity index (χ1n) is 6.22. The van der Waals surface area contributed by atoms with Crippen LogP contribution in [0.5, 0.6) is 0 Å². The number of carbonyl (C=O) groups is 1. The van der Waals surface area contributed by atoms with Crippen molar-refractivity contribution < 1.29 is 9.53 Å². The molecule has 0 aromatic heterocycles. The van der Waals surface area contributed by atoms with E-state index in [0.29, 0.717) is 12.5 Å². The van der Waals surface area contributed by atoms with Gasteiger partial charge in [-0.05, 0) is 26.2 Å². The normalized spacial score (nSPS) is 10.8. The van der Waals surface area contributed by atoms with E-state index < -0.39 is 0 Å². The number of nitrogens with one attached hydrogen (secondary N) is 1. The van der Waals surface area contributed by atoms with E-state index in [1.807, 2.05) is 27.7 Å². The minimum atomic E-state index is -0.263. The summed E-state index contributed by atoms with van der Waals surface area (Å²) in [6, 6.07) is 0. The van der Waals surface area contributed by atoms with Gasteiger partial charge in [0.05, 0.1) is 5.60 Å². The first kappa shape index (κ1) is 17.8. The predicted octanol–water partition coefficient (Wildman–Crippen LogP) is 2.99. The highest BCUT2D eigenvalue weighted by Crippen LogP contribution is 2.10. The molecule has 16 heavy (non-hydrogen) atoms. The number of amides is 1. The number of carbonyl (C=O) groups excluding carboxylic acids is 1. The molecule has 3 nitrogen and oxygen atoms in total. The molecule has 0 radical (unpaired) electrons. The second kappa shape index (κ2) is 9.64. The van der Waals surface area contributed by atoms with Crippen LogP contribution in [0, 0.1) is 5.92 Å². The third kappa shape index (κ3) is 13.4. The highest BCUT2D eigenvalue weighted by molar-refractivity contribution is 5.72. The van der Waals surface area contributed by atoms with Gasteiger partial charge in [-0.15, -0.1) is 0 Å². The summed E-state index contributed by atoms with van der Waals surface area (Å²) in [5.41, 5.74) is -0.263. The Labute approximate surface area is 101 Å². The van der Waals surface area contributed by atoms with Crippen LogP contribution in [0.1, 0.15) is 54.9 Å². The first-order valence-corrected chi connectivity index (χ1v) is 6.22. The van der Waals surface area contributed by atoms with Crippen molar-refractivity contribution in [1.29, 1.82) is 0 Å². The molecular weight excluding hydrogens is 202 g/mol. The lowest BCUT2D eigenvalue weighted by Gasteiger charge is -2.25. The van der Waals surface area contributed by atoms with Gasteiger partial charge in [0.2, 0.25) is 5.91 Å². The summed E-state index contributed by atoms with van der Waals surface area (Å²) in [5, 5.41) is 2.76. The second-order valence-electron chi connectivity index (χ2n) is 4.70. The molecule has 0 saturated carbocycles. The Balaban J connectivity index is 0. The zero-order valence-corrected chi connectivity index (χ0v) is 12.0. The van der Waals surface area contributed by atoms with Gasteiger partial charge in [0.15, 0.2) is 0 Å². The molecule has 0 spiro atoms. The van der Waals surface area contributed by atoms with E-state index in [1.165, 1.54) is 6.92 Å². The largest absolute Gasteiger partial charge is 0.374 e. The molecule has 0 atom stereocenters. The zero-order chi connectivity index (χ0) is 13.2. The molecule has 0 saturated heterocycles. The summed E-state index contributed by atoms with van der Waals surface area (Å²) < 4.78 is 5.68. The Hall–Kier alpha value is -0.570. The van der Waals surface area contributed by atoms with Gasteiger partial charge in [-0.1, -0.05) is 27.7 Å². The fourth-order valence-electron chi connectivity index (χ4n) is 0.959. The van der Waals surface area contributed by atoms with Crippen LogP contribution in [0.25, 0.3) is 0 Å². The quantitative estimate of drug-likeness (QED) is 0.763. The van der Waals surface area contributed by atoms with E-state index in [0.717, 1.165) is 13.0 Å². The van der Waals surface area contributed by atoms with Crippen molar-refractivity contribution in [2.24, 2.45) is 5.92 Å². The van der Waals surface area contributed by atoms with Gasteiger partial charge >= 0.3 is 0 Å². The minimum Gasteiger partial charge on any atom is -0.374 e. The van der Waals surface area contributed by atoms with E-state index in [9.17, 15) is 4.79 Å². The highest BCUT2D eigenvalue weighted by Gasteiger charge is 2.18. The summed E-state index contributed by atoms with van der Waals surface area (Å²) in [7, 11) is 0. The lowest BCUT2D eigenvalue weighted by Crippen LogP contribution is -2.39. The van der Waals surface area contributed by atoms with Crippen LogP contribution in [0.4, 0.5) is 0 Å². The predicted molar refractivity (Wildman–Crippen MR) is 69.5 cm³/mol. The Kier molecular flexibility index (Phi) is 10.7. The maximum absolute atomic E-state index is 10.7. The van der Waals surface area contributed by atoms with Gasteiger partial charge in [0.25, 0.3) is 0 Å². The molecule has 98 valence electrons. The van der Waals surface area contributed by atoms with Crippen molar-refractivity contribution in [1.82, 2.24) is 5.32 Å². The van der Waals surface area contributed by atoms with E-state index in [4.69, 9.17) is 4.74 Å². The summed E-state index contributed by atoms with van der Waals surface area (Å²) in [6.07, 6.45) is 1.06. The highest BCUT2D eigenvalue weighted by atomic mass is 16.5. The summed E-state index contributed by atoms with van der Waals surface area (Å²) in [4.78, 5) is 10.7. The molecule has 0 aromatic carbocycles. The summed E-state index contributed by atoms with van der Waals surface area (Å²) in [6.45, 7) is 15.2. The summed E-state index contributed by atoms with van der Waals surface area (Å²) in [5.74, 6) is 0.650. The molecule has 0 aliphatic carbocycles. The van der Waals surface area contributed by atoms with Gasteiger partial charge < -0.3 is 10.1 Å². The van der Waals surface area contributed by atoms with Crippen LogP contribution >= 0.6 is 0 Å². The number of hydrogen-bond acceptors (Lipinski definition) is 2. The van der Waals surface area contributed by atoms with Crippen molar-refractivity contribution in [3.05, 3.63) is 0 Å². The lowest BCUT2D eigenvalue weighted by molar-refractivity contribution is -0.120. The third-order valence-corrected chi connectivity index (χ3v) is 1.95. The molecule has 0 bridgehead atoms. The average molecular weight is 231 g/mol. The second-order valence-corrected chi connectivity index (χ2v) is 4.70. The maximum Gasteiger partial charge on any atom is 0.216 e. The van der Waals surface area contributed by atoms with Crippen LogP contribution in [0.3, 0.4) is 0 Å². The molecule has 0 aromatic rings. The Morgan fingerprint density at radius 1 is 1.31 bits per heavy atom. The monoisotopic (exact) mass is 231 g/mol. The topological polar surface area (TPSA) is 38.3 Å². The van der Waals surface area contributed by atoms with Crippen molar-refractivity contribution >= 4 is 5.91 Å². The van der Waals surface area contributed by atoms with Crippen LogP contribution in [0.15, 0.2) is 0 Å². The maximum atomic E-state index is 10.7. The number of rotatable bonds is 6. The van der Waals surface area contributed by atoms with E-state index in [1.54, 1.807) is 0 Å². The van der Waals surface area contributed by atoms with Gasteiger partial charge in [-0.2, -0.15) is 0 Å². The molecular formula is C13H29NO2. The molecule has 0 rings (SSSR count). The fraction of sp³-hybridized carbons (Fsp3) is 0.923. The standard InChI is InChI=1S/C11H23NO2.C2H6/c1-9(2)6-7-14-11(4,5)8-12-10(3)13;1-2/h9H,6-8H2,1-5H3,(H,12,13);1-2H3. The van der Waals surface area contributed by atoms with Crippen LogP contribution in [-0.2, 0) is 9.53 Å². The number of ether oxygens (including phenoxy) is 1. The summed E-state index contributed by atoms with van der Waals surface area (Å²) >= 11 is 0. The molecule has 3 heteroatoms. The SMILES string of the molecule is CC.CC(=O)NCC(C)(C)OCCC(C)C. The van der Waals surface area contributed by atoms with Crippen molar-refractivity contribution in [2.75, 3.05) is 13.2 Å². The molecule has 1 amide bonds. The smallest absolute Gasteiger partial charge is 0.216 e. The van der Waals surface area contributed by atoms with Crippen molar-refractivity contribution in [2.45, 2.75) is 60.5 Å². The molecule has 0 aliphatic rings. The van der Waals surface area contributed by atoms with Gasteiger partial charge in [-0.3, -0.25) is 4.79 Å². The van der Waals surface area contributed by atoms with E-state index in [2.05, 4.69) is 19.2 Å². The fourth-order valence-corrected chi connectivity index (χ4v) is 0.959. The number of hydrogen-bond donors (Lipinski definition) is 1. The van der Waals surface area contributed by atoms with Crippen LogP contribution in [-0.4, -0.2) is 24.7 Å². The Bertz CT molecular complexity index is 177. The third-order valence-electron chi connectivity index (χ3n) is 1.95. The van der Waals surface area contributed by atoms with Crippen molar-refractivity contribution in [3.8, 4) is 0 Å². The first-order chi connectivity index (χ1) is 7.33. The molecule has 0 fully saturated rings. The van der Waals surface area contributed by atoms with Gasteiger partial charge in [-0.25, -0.2) is 0 Å². The van der Waals surface area contributed by atoms with Crippen LogP contribution < -0.4 is 5.32 Å². The van der Waals surface area contributed by atoms with E-state index >= 15 is 0 Å². The van der Waals surface area contributed by atoms with E-state index in [-0.39, 0.29) is 11.5 Å². The molecule has 1 N–H and O–H groups in total. The molecule has 0 aliphatic heterocycles. The minimum absolute atomic E-state index is 0.00876. The van der Waals surface area contributed by atoms with Gasteiger partial charge in [0.1, 0.15) is 0 Å². The Morgan fingerprint density at radius 3 is 2.19 bits per heavy atom. The van der Waals surface area contributed by atoms with Crippen LogP contribution in [0.2, 0.25) is 0 Å². The molecule has 0 heterocycles. The molecule has 0 unspecified atom stereocenters. The van der Waals surface area contributed by atoms with Crippen molar-refractivity contribution in [3.63, 3.8) is 0 Å².